The number of benzene rings is 1. The molecule has 0 aliphatic heterocycles. The van der Waals surface area contributed by atoms with Crippen LogP contribution in [0, 0.1) is 0 Å². The number of aromatic carboxylic acids is 1. The monoisotopic (exact) mass is 257 g/mol. The lowest BCUT2D eigenvalue weighted by atomic mass is 10.1. The molecule has 0 radical (unpaired) electrons. The van der Waals surface area contributed by atoms with Gasteiger partial charge in [-0.1, -0.05) is 12.1 Å². The molecule has 0 spiro atoms. The fraction of sp³-hybridized carbons (Fsp3) is 0.0769. The predicted octanol–water partition coefficient (Wildman–Crippen LogP) is 1.45. The minimum absolute atomic E-state index is 0.0576. The Bertz CT molecular complexity index is 614. The summed E-state index contributed by atoms with van der Waals surface area (Å²) in [6.07, 6.45) is 4.20. The Morgan fingerprint density at radius 1 is 1.21 bits per heavy atom. The normalized spacial score (nSPS) is 9.95. The molecule has 1 aromatic heterocycles. The number of carbonyl (C=O) groups excluding carboxylic acids is 1. The number of aromatic nitrogens is 2. The van der Waals surface area contributed by atoms with Crippen LogP contribution >= 0.6 is 0 Å². The first-order valence-corrected chi connectivity index (χ1v) is 5.47. The van der Waals surface area contributed by atoms with Crippen LogP contribution in [0.4, 0.5) is 5.69 Å². The van der Waals surface area contributed by atoms with Crippen molar-refractivity contribution in [1.82, 2.24) is 9.97 Å². The number of hydrogen-bond donors (Lipinski definition) is 1. The summed E-state index contributed by atoms with van der Waals surface area (Å²) in [6, 6.07) is 6.28. The number of carboxylic acid groups (broad SMARTS) is 1. The Hall–Kier alpha value is -2.76. The highest BCUT2D eigenvalue weighted by molar-refractivity contribution is 6.07. The zero-order valence-corrected chi connectivity index (χ0v) is 10.1. The third kappa shape index (κ3) is 2.57. The summed E-state index contributed by atoms with van der Waals surface area (Å²) in [5.41, 5.74) is 0.526. The molecule has 0 fully saturated rings. The van der Waals surface area contributed by atoms with E-state index in [1.807, 2.05) is 0 Å². The van der Waals surface area contributed by atoms with Crippen LogP contribution in [-0.2, 0) is 0 Å². The van der Waals surface area contributed by atoms with Crippen molar-refractivity contribution in [2.75, 3.05) is 11.9 Å². The van der Waals surface area contributed by atoms with E-state index in [4.69, 9.17) is 5.11 Å². The van der Waals surface area contributed by atoms with E-state index in [0.29, 0.717) is 5.69 Å². The maximum absolute atomic E-state index is 12.2. The molecule has 1 aromatic carbocycles. The van der Waals surface area contributed by atoms with Gasteiger partial charge in [0, 0.05) is 19.4 Å². The van der Waals surface area contributed by atoms with E-state index in [9.17, 15) is 9.59 Å². The van der Waals surface area contributed by atoms with Gasteiger partial charge in [-0.25, -0.2) is 9.78 Å². The fourth-order valence-electron chi connectivity index (χ4n) is 1.64. The number of carbonyl (C=O) groups is 2. The number of para-hydroxylation sites is 1. The summed E-state index contributed by atoms with van der Waals surface area (Å²) in [5.74, 6) is -1.50. The summed E-state index contributed by atoms with van der Waals surface area (Å²) < 4.78 is 0. The van der Waals surface area contributed by atoms with E-state index in [1.165, 1.54) is 36.6 Å². The smallest absolute Gasteiger partial charge is 0.337 e. The van der Waals surface area contributed by atoms with Crippen LogP contribution in [0.25, 0.3) is 0 Å². The van der Waals surface area contributed by atoms with Crippen molar-refractivity contribution < 1.29 is 14.7 Å². The van der Waals surface area contributed by atoms with Gasteiger partial charge in [-0.3, -0.25) is 9.78 Å². The van der Waals surface area contributed by atoms with Crippen molar-refractivity contribution in [2.24, 2.45) is 0 Å². The van der Waals surface area contributed by atoms with E-state index in [2.05, 4.69) is 9.97 Å². The average molecular weight is 257 g/mol. The Kier molecular flexibility index (Phi) is 3.51. The Morgan fingerprint density at radius 2 is 1.95 bits per heavy atom. The molecule has 2 aromatic rings. The van der Waals surface area contributed by atoms with Gasteiger partial charge >= 0.3 is 5.97 Å². The molecule has 1 amide bonds. The molecule has 96 valence electrons. The predicted molar refractivity (Wildman–Crippen MR) is 68.2 cm³/mol. The third-order valence-electron chi connectivity index (χ3n) is 2.58. The molecule has 19 heavy (non-hydrogen) atoms. The van der Waals surface area contributed by atoms with Crippen LogP contribution in [-0.4, -0.2) is 34.0 Å². The lowest BCUT2D eigenvalue weighted by Gasteiger charge is -2.18. The number of amides is 1. The molecule has 6 nitrogen and oxygen atoms in total. The maximum atomic E-state index is 12.2. The highest BCUT2D eigenvalue weighted by Crippen LogP contribution is 2.20. The van der Waals surface area contributed by atoms with Gasteiger partial charge in [0.15, 0.2) is 0 Å². The number of hydrogen-bond acceptors (Lipinski definition) is 4. The number of carboxylic acids is 1. The summed E-state index contributed by atoms with van der Waals surface area (Å²) in [5, 5.41) is 9.10. The van der Waals surface area contributed by atoms with E-state index in [-0.39, 0.29) is 11.3 Å². The second-order valence-electron chi connectivity index (χ2n) is 3.78. The van der Waals surface area contributed by atoms with Gasteiger partial charge in [0.1, 0.15) is 5.69 Å². The molecular weight excluding hydrogens is 246 g/mol. The van der Waals surface area contributed by atoms with Gasteiger partial charge in [0.2, 0.25) is 0 Å². The number of rotatable bonds is 3. The van der Waals surface area contributed by atoms with Crippen LogP contribution < -0.4 is 4.90 Å². The van der Waals surface area contributed by atoms with E-state index in [1.54, 1.807) is 18.2 Å². The average Bonchev–Trinajstić information content (AvgIpc) is 2.46. The Morgan fingerprint density at radius 3 is 2.58 bits per heavy atom. The van der Waals surface area contributed by atoms with Crippen LogP contribution in [0.3, 0.4) is 0 Å². The summed E-state index contributed by atoms with van der Waals surface area (Å²) in [6.45, 7) is 0. The Balaban J connectivity index is 2.38. The maximum Gasteiger partial charge on any atom is 0.337 e. The molecule has 0 saturated carbocycles. The molecule has 0 bridgehead atoms. The molecule has 6 heteroatoms. The second kappa shape index (κ2) is 5.26. The first-order valence-electron chi connectivity index (χ1n) is 5.47. The third-order valence-corrected chi connectivity index (χ3v) is 2.58. The summed E-state index contributed by atoms with van der Waals surface area (Å²) in [7, 11) is 1.50. The van der Waals surface area contributed by atoms with E-state index in [0.717, 1.165) is 0 Å². The van der Waals surface area contributed by atoms with E-state index < -0.39 is 11.9 Å². The van der Waals surface area contributed by atoms with Gasteiger partial charge in [-0.15, -0.1) is 0 Å². The first-order chi connectivity index (χ1) is 9.11. The topological polar surface area (TPSA) is 83.4 Å². The van der Waals surface area contributed by atoms with Crippen LogP contribution in [0.15, 0.2) is 42.9 Å². The molecule has 0 unspecified atom stereocenters. The van der Waals surface area contributed by atoms with Gasteiger partial charge in [0.05, 0.1) is 17.4 Å². The van der Waals surface area contributed by atoms with Gasteiger partial charge < -0.3 is 10.0 Å². The van der Waals surface area contributed by atoms with Crippen molar-refractivity contribution >= 4 is 17.6 Å². The lowest BCUT2D eigenvalue weighted by Crippen LogP contribution is -2.28. The first kappa shape index (κ1) is 12.7. The van der Waals surface area contributed by atoms with Crippen LogP contribution in [0.2, 0.25) is 0 Å². The summed E-state index contributed by atoms with van der Waals surface area (Å²) in [4.78, 5) is 32.2. The lowest BCUT2D eigenvalue weighted by molar-refractivity contribution is 0.0697. The highest BCUT2D eigenvalue weighted by Gasteiger charge is 2.19. The highest BCUT2D eigenvalue weighted by atomic mass is 16.4. The zero-order chi connectivity index (χ0) is 13.8. The fourth-order valence-corrected chi connectivity index (χ4v) is 1.64. The van der Waals surface area contributed by atoms with Crippen molar-refractivity contribution in [3.8, 4) is 0 Å². The molecule has 2 rings (SSSR count). The van der Waals surface area contributed by atoms with Crippen molar-refractivity contribution in [3.63, 3.8) is 0 Å². The SMILES string of the molecule is CN(C(=O)c1cnccn1)c1ccccc1C(=O)O. The van der Waals surface area contributed by atoms with Crippen molar-refractivity contribution in [3.05, 3.63) is 54.1 Å². The van der Waals surface area contributed by atoms with Crippen molar-refractivity contribution in [1.29, 1.82) is 0 Å². The summed E-state index contributed by atoms with van der Waals surface area (Å²) >= 11 is 0. The minimum atomic E-state index is -1.09. The molecule has 1 N–H and O–H groups in total. The van der Waals surface area contributed by atoms with Gasteiger partial charge in [-0.05, 0) is 12.1 Å². The molecule has 0 atom stereocenters. The molecule has 1 heterocycles. The Labute approximate surface area is 109 Å². The largest absolute Gasteiger partial charge is 0.478 e. The van der Waals surface area contributed by atoms with Crippen molar-refractivity contribution in [2.45, 2.75) is 0 Å². The van der Waals surface area contributed by atoms with Crippen LogP contribution in [0.1, 0.15) is 20.8 Å². The minimum Gasteiger partial charge on any atom is -0.478 e. The van der Waals surface area contributed by atoms with Gasteiger partial charge in [0.25, 0.3) is 5.91 Å². The second-order valence-corrected chi connectivity index (χ2v) is 3.78. The molecule has 0 aliphatic rings. The molecular formula is C13H11N3O3. The standard InChI is InChI=1S/C13H11N3O3/c1-16(12(17)10-8-14-6-7-15-10)11-5-3-2-4-9(11)13(18)19/h2-8H,1H3,(H,18,19). The quantitative estimate of drug-likeness (QED) is 0.899. The molecule has 0 aliphatic carbocycles. The van der Waals surface area contributed by atoms with Gasteiger partial charge in [-0.2, -0.15) is 0 Å². The van der Waals surface area contributed by atoms with Crippen LogP contribution in [0.5, 0.6) is 0 Å². The molecule has 0 saturated heterocycles. The number of anilines is 1. The zero-order valence-electron chi connectivity index (χ0n) is 10.1. The van der Waals surface area contributed by atoms with E-state index >= 15 is 0 Å². The number of nitrogens with zero attached hydrogens (tertiary/aromatic N) is 3.